The maximum absolute atomic E-state index is 12.1. The molecule has 0 radical (unpaired) electrons. The molecular formula is C15H20N2O4. The number of rotatable bonds is 3. The van der Waals surface area contributed by atoms with Crippen LogP contribution in [0.5, 0.6) is 0 Å². The molecule has 2 rings (SSSR count). The van der Waals surface area contributed by atoms with Crippen molar-refractivity contribution in [1.82, 2.24) is 4.90 Å². The zero-order chi connectivity index (χ0) is 15.5. The molecule has 21 heavy (non-hydrogen) atoms. The summed E-state index contributed by atoms with van der Waals surface area (Å²) in [6, 6.07) is 6.59. The summed E-state index contributed by atoms with van der Waals surface area (Å²) in [4.78, 5) is 24.5. The SMILES string of the molecule is CC1(O)CCN(C(=O)Nc2cccc(CC(=O)O)c2)CC1. The van der Waals surface area contributed by atoms with E-state index in [4.69, 9.17) is 5.11 Å². The van der Waals surface area contributed by atoms with Crippen LogP contribution in [0.15, 0.2) is 24.3 Å². The number of aliphatic carboxylic acids is 1. The Morgan fingerprint density at radius 2 is 2.00 bits per heavy atom. The number of benzene rings is 1. The number of anilines is 1. The maximum atomic E-state index is 12.1. The van der Waals surface area contributed by atoms with E-state index < -0.39 is 11.6 Å². The molecule has 6 nitrogen and oxygen atoms in total. The van der Waals surface area contributed by atoms with E-state index in [0.29, 0.717) is 37.2 Å². The van der Waals surface area contributed by atoms with Crippen molar-refractivity contribution >= 4 is 17.7 Å². The molecule has 1 aromatic rings. The molecular weight excluding hydrogens is 272 g/mol. The van der Waals surface area contributed by atoms with Gasteiger partial charge in [0.2, 0.25) is 0 Å². The van der Waals surface area contributed by atoms with E-state index in [9.17, 15) is 14.7 Å². The number of urea groups is 1. The fourth-order valence-corrected chi connectivity index (χ4v) is 2.33. The van der Waals surface area contributed by atoms with E-state index in [1.807, 2.05) is 0 Å². The first-order valence-electron chi connectivity index (χ1n) is 6.95. The number of carbonyl (C=O) groups excluding carboxylic acids is 1. The predicted molar refractivity (Wildman–Crippen MR) is 78.2 cm³/mol. The Labute approximate surface area is 123 Å². The van der Waals surface area contributed by atoms with E-state index in [1.54, 1.807) is 36.1 Å². The van der Waals surface area contributed by atoms with Crippen molar-refractivity contribution in [2.24, 2.45) is 0 Å². The molecule has 114 valence electrons. The third-order valence-electron chi connectivity index (χ3n) is 3.66. The number of likely N-dealkylation sites (tertiary alicyclic amines) is 1. The van der Waals surface area contributed by atoms with Gasteiger partial charge in [0.1, 0.15) is 0 Å². The van der Waals surface area contributed by atoms with Gasteiger partial charge in [0, 0.05) is 18.8 Å². The number of nitrogens with one attached hydrogen (secondary N) is 1. The van der Waals surface area contributed by atoms with Crippen LogP contribution >= 0.6 is 0 Å². The summed E-state index contributed by atoms with van der Waals surface area (Å²) < 4.78 is 0. The lowest BCUT2D eigenvalue weighted by Crippen LogP contribution is -2.46. The van der Waals surface area contributed by atoms with Gasteiger partial charge in [-0.05, 0) is 37.5 Å². The van der Waals surface area contributed by atoms with E-state index in [0.717, 1.165) is 0 Å². The lowest BCUT2D eigenvalue weighted by atomic mass is 9.94. The number of aliphatic hydroxyl groups is 1. The Morgan fingerprint density at radius 1 is 1.33 bits per heavy atom. The molecule has 0 atom stereocenters. The van der Waals surface area contributed by atoms with Gasteiger partial charge in [-0.2, -0.15) is 0 Å². The fraction of sp³-hybridized carbons (Fsp3) is 0.467. The molecule has 1 fully saturated rings. The summed E-state index contributed by atoms with van der Waals surface area (Å²) in [5, 5.41) is 21.4. The molecule has 1 aliphatic rings. The number of nitrogens with zero attached hydrogens (tertiary/aromatic N) is 1. The normalized spacial score (nSPS) is 17.3. The summed E-state index contributed by atoms with van der Waals surface area (Å²) in [6.07, 6.45) is 1.04. The van der Waals surface area contributed by atoms with Gasteiger partial charge < -0.3 is 20.4 Å². The van der Waals surface area contributed by atoms with Crippen LogP contribution < -0.4 is 5.32 Å². The summed E-state index contributed by atoms with van der Waals surface area (Å²) in [7, 11) is 0. The predicted octanol–water partition coefficient (Wildman–Crippen LogP) is 1.69. The van der Waals surface area contributed by atoms with Gasteiger partial charge in [-0.3, -0.25) is 4.79 Å². The van der Waals surface area contributed by atoms with Gasteiger partial charge in [0.05, 0.1) is 12.0 Å². The number of amides is 2. The van der Waals surface area contributed by atoms with Crippen LogP contribution in [0.2, 0.25) is 0 Å². The van der Waals surface area contributed by atoms with Crippen LogP contribution in [-0.2, 0) is 11.2 Å². The zero-order valence-electron chi connectivity index (χ0n) is 12.0. The van der Waals surface area contributed by atoms with E-state index in [1.165, 1.54) is 0 Å². The van der Waals surface area contributed by atoms with Crippen LogP contribution in [-0.4, -0.2) is 45.8 Å². The first kappa shape index (κ1) is 15.3. The first-order chi connectivity index (χ1) is 9.85. The van der Waals surface area contributed by atoms with Gasteiger partial charge in [0.15, 0.2) is 0 Å². The second kappa shape index (κ2) is 6.13. The number of carbonyl (C=O) groups is 2. The third-order valence-corrected chi connectivity index (χ3v) is 3.66. The van der Waals surface area contributed by atoms with Gasteiger partial charge in [0.25, 0.3) is 0 Å². The lowest BCUT2D eigenvalue weighted by Gasteiger charge is -2.35. The number of carboxylic acids is 1. The van der Waals surface area contributed by atoms with Crippen LogP contribution in [0.1, 0.15) is 25.3 Å². The Morgan fingerprint density at radius 3 is 2.62 bits per heavy atom. The van der Waals surface area contributed by atoms with Gasteiger partial charge >= 0.3 is 12.0 Å². The van der Waals surface area contributed by atoms with Crippen molar-refractivity contribution in [3.05, 3.63) is 29.8 Å². The molecule has 0 aliphatic carbocycles. The number of carboxylic acid groups (broad SMARTS) is 1. The molecule has 2 amide bonds. The largest absolute Gasteiger partial charge is 0.481 e. The molecule has 1 saturated heterocycles. The first-order valence-corrected chi connectivity index (χ1v) is 6.95. The highest BCUT2D eigenvalue weighted by Gasteiger charge is 2.29. The fourth-order valence-electron chi connectivity index (χ4n) is 2.33. The molecule has 0 aromatic heterocycles. The molecule has 1 aromatic carbocycles. The molecule has 1 heterocycles. The number of piperidine rings is 1. The van der Waals surface area contributed by atoms with Crippen molar-refractivity contribution < 1.29 is 19.8 Å². The van der Waals surface area contributed by atoms with Crippen LogP contribution in [0.4, 0.5) is 10.5 Å². The summed E-state index contributed by atoms with van der Waals surface area (Å²) >= 11 is 0. The van der Waals surface area contributed by atoms with Crippen molar-refractivity contribution in [1.29, 1.82) is 0 Å². The van der Waals surface area contributed by atoms with Crippen LogP contribution in [0.3, 0.4) is 0 Å². The smallest absolute Gasteiger partial charge is 0.321 e. The quantitative estimate of drug-likeness (QED) is 0.791. The van der Waals surface area contributed by atoms with Gasteiger partial charge in [-0.25, -0.2) is 4.79 Å². The molecule has 3 N–H and O–H groups in total. The number of hydrogen-bond acceptors (Lipinski definition) is 3. The van der Waals surface area contributed by atoms with E-state index >= 15 is 0 Å². The summed E-state index contributed by atoms with van der Waals surface area (Å²) in [6.45, 7) is 2.79. The Hall–Kier alpha value is -2.08. The Bertz CT molecular complexity index is 532. The maximum Gasteiger partial charge on any atom is 0.321 e. The molecule has 0 bridgehead atoms. The van der Waals surface area contributed by atoms with Gasteiger partial charge in [-0.1, -0.05) is 12.1 Å². The minimum atomic E-state index is -0.906. The highest BCUT2D eigenvalue weighted by Crippen LogP contribution is 2.22. The second-order valence-corrected chi connectivity index (χ2v) is 5.69. The Balaban J connectivity index is 1.95. The van der Waals surface area contributed by atoms with E-state index in [2.05, 4.69) is 5.32 Å². The lowest BCUT2D eigenvalue weighted by molar-refractivity contribution is -0.136. The molecule has 0 spiro atoms. The molecule has 0 unspecified atom stereocenters. The van der Waals surface area contributed by atoms with Gasteiger partial charge in [-0.15, -0.1) is 0 Å². The van der Waals surface area contributed by atoms with Crippen molar-refractivity contribution in [2.75, 3.05) is 18.4 Å². The average Bonchev–Trinajstić information content (AvgIpc) is 2.38. The Kier molecular flexibility index (Phi) is 4.47. The molecule has 1 aliphatic heterocycles. The van der Waals surface area contributed by atoms with Crippen molar-refractivity contribution in [2.45, 2.75) is 31.8 Å². The molecule has 6 heteroatoms. The highest BCUT2D eigenvalue weighted by atomic mass is 16.4. The topological polar surface area (TPSA) is 89.9 Å². The average molecular weight is 292 g/mol. The highest BCUT2D eigenvalue weighted by molar-refractivity contribution is 5.89. The number of hydrogen-bond donors (Lipinski definition) is 3. The summed E-state index contributed by atoms with van der Waals surface area (Å²) in [5.74, 6) is -0.906. The third kappa shape index (κ3) is 4.46. The minimum Gasteiger partial charge on any atom is -0.481 e. The monoisotopic (exact) mass is 292 g/mol. The standard InChI is InChI=1S/C15H20N2O4/c1-15(21)5-7-17(8-6-15)14(20)16-12-4-2-3-11(9-12)10-13(18)19/h2-4,9,21H,5-8,10H2,1H3,(H,16,20)(H,18,19). The van der Waals surface area contributed by atoms with E-state index in [-0.39, 0.29) is 12.5 Å². The van der Waals surface area contributed by atoms with Crippen LogP contribution in [0, 0.1) is 0 Å². The zero-order valence-corrected chi connectivity index (χ0v) is 12.0. The second-order valence-electron chi connectivity index (χ2n) is 5.69. The van der Waals surface area contributed by atoms with Crippen LogP contribution in [0.25, 0.3) is 0 Å². The minimum absolute atomic E-state index is 0.0731. The molecule has 0 saturated carbocycles. The van der Waals surface area contributed by atoms with Crippen molar-refractivity contribution in [3.63, 3.8) is 0 Å². The summed E-state index contributed by atoms with van der Waals surface area (Å²) in [5.41, 5.74) is 0.524. The van der Waals surface area contributed by atoms with Crippen molar-refractivity contribution in [3.8, 4) is 0 Å².